The Balaban J connectivity index is 2.73. The first kappa shape index (κ1) is 12.1. The number of anilines is 1. The van der Waals surface area contributed by atoms with Gasteiger partial charge in [-0.2, -0.15) is 0 Å². The minimum Gasteiger partial charge on any atom is -0.388 e. The maximum atomic E-state index is 13.8. The summed E-state index contributed by atoms with van der Waals surface area (Å²) in [6.07, 6.45) is 1.82. The number of rotatable bonds is 3. The molecule has 0 fully saturated rings. The van der Waals surface area contributed by atoms with Crippen molar-refractivity contribution in [2.24, 2.45) is 0 Å². The topological polar surface area (TPSA) is 24.9 Å². The van der Waals surface area contributed by atoms with Crippen LogP contribution < -0.4 is 5.32 Å². The van der Waals surface area contributed by atoms with E-state index in [1.165, 1.54) is 6.07 Å². The van der Waals surface area contributed by atoms with E-state index in [9.17, 15) is 4.39 Å². The highest BCUT2D eigenvalue weighted by Gasteiger charge is 2.10. The number of nitrogens with zero attached hydrogens (tertiary/aromatic N) is 1. The minimum atomic E-state index is -0.373. The van der Waals surface area contributed by atoms with Crippen LogP contribution in [0.4, 0.5) is 10.1 Å². The molecule has 2 aromatic rings. The molecule has 17 heavy (non-hydrogen) atoms. The van der Waals surface area contributed by atoms with Crippen LogP contribution in [0.3, 0.4) is 0 Å². The van der Waals surface area contributed by atoms with Gasteiger partial charge in [0.15, 0.2) is 5.82 Å². The number of pyridine rings is 1. The molecule has 0 atom stereocenters. The second kappa shape index (κ2) is 4.88. The number of halogens is 2. The molecular formula is C13H14ClFN2. The number of nitrogens with one attached hydrogen (secondary N) is 1. The highest BCUT2D eigenvalue weighted by Crippen LogP contribution is 2.28. The second-order valence-electron chi connectivity index (χ2n) is 3.94. The maximum absolute atomic E-state index is 13.8. The molecule has 2 rings (SSSR count). The molecule has 90 valence electrons. The molecule has 0 radical (unpaired) electrons. The predicted octanol–water partition coefficient (Wildman–Crippen LogP) is 4.02. The highest BCUT2D eigenvalue weighted by atomic mass is 35.5. The number of aromatic nitrogens is 1. The van der Waals surface area contributed by atoms with Gasteiger partial charge in [-0.3, -0.25) is 0 Å². The Hall–Kier alpha value is -1.35. The zero-order chi connectivity index (χ0) is 12.4. The molecule has 4 heteroatoms. The van der Waals surface area contributed by atoms with Crippen LogP contribution in [0.15, 0.2) is 18.2 Å². The summed E-state index contributed by atoms with van der Waals surface area (Å²) >= 11 is 5.86. The minimum absolute atomic E-state index is 0.373. The van der Waals surface area contributed by atoms with Crippen molar-refractivity contribution < 1.29 is 4.39 Å². The summed E-state index contributed by atoms with van der Waals surface area (Å²) in [5.74, 6) is -0.373. The average molecular weight is 253 g/mol. The summed E-state index contributed by atoms with van der Waals surface area (Å²) in [6, 6.07) is 4.97. The Morgan fingerprint density at radius 1 is 1.35 bits per heavy atom. The first-order valence-corrected chi connectivity index (χ1v) is 6.00. The standard InChI is InChI=1S/C13H14ClFN2/c1-3-4-9-7-12(16-2)10-5-8(14)6-11(15)13(10)17-9/h5-7H,3-4H2,1-2H3,(H,16,17). The van der Waals surface area contributed by atoms with Crippen molar-refractivity contribution in [2.45, 2.75) is 19.8 Å². The quantitative estimate of drug-likeness (QED) is 0.892. The largest absolute Gasteiger partial charge is 0.388 e. The number of benzene rings is 1. The van der Waals surface area contributed by atoms with Gasteiger partial charge in [-0.05, 0) is 24.6 Å². The molecule has 0 spiro atoms. The zero-order valence-corrected chi connectivity index (χ0v) is 10.6. The number of hydrogen-bond acceptors (Lipinski definition) is 2. The molecule has 1 N–H and O–H groups in total. The fourth-order valence-electron chi connectivity index (χ4n) is 1.90. The van der Waals surface area contributed by atoms with Crippen molar-refractivity contribution in [1.82, 2.24) is 4.98 Å². The lowest BCUT2D eigenvalue weighted by molar-refractivity contribution is 0.636. The lowest BCUT2D eigenvalue weighted by atomic mass is 10.1. The van der Waals surface area contributed by atoms with Crippen LogP contribution in [-0.4, -0.2) is 12.0 Å². The maximum Gasteiger partial charge on any atom is 0.150 e. The Labute approximate surface area is 105 Å². The highest BCUT2D eigenvalue weighted by molar-refractivity contribution is 6.31. The SMILES string of the molecule is CCCc1cc(NC)c2cc(Cl)cc(F)c2n1. The predicted molar refractivity (Wildman–Crippen MR) is 70.3 cm³/mol. The number of fused-ring (bicyclic) bond motifs is 1. The van der Waals surface area contributed by atoms with Gasteiger partial charge in [-0.15, -0.1) is 0 Å². The van der Waals surface area contributed by atoms with Crippen LogP contribution in [0.2, 0.25) is 5.02 Å². The van der Waals surface area contributed by atoms with Gasteiger partial charge in [0.1, 0.15) is 5.52 Å². The first-order valence-electron chi connectivity index (χ1n) is 5.62. The molecular weight excluding hydrogens is 239 g/mol. The Morgan fingerprint density at radius 2 is 2.12 bits per heavy atom. The molecule has 0 aliphatic rings. The molecule has 2 nitrogen and oxygen atoms in total. The van der Waals surface area contributed by atoms with E-state index in [0.717, 1.165) is 29.6 Å². The summed E-state index contributed by atoms with van der Waals surface area (Å²) < 4.78 is 13.8. The molecule has 0 amide bonds. The van der Waals surface area contributed by atoms with Crippen molar-refractivity contribution in [2.75, 3.05) is 12.4 Å². The second-order valence-corrected chi connectivity index (χ2v) is 4.38. The van der Waals surface area contributed by atoms with Crippen LogP contribution in [-0.2, 0) is 6.42 Å². The van der Waals surface area contributed by atoms with Crippen LogP contribution in [0.1, 0.15) is 19.0 Å². The number of hydrogen-bond donors (Lipinski definition) is 1. The molecule has 0 saturated carbocycles. The van der Waals surface area contributed by atoms with Gasteiger partial charge in [0.05, 0.1) is 0 Å². The van der Waals surface area contributed by atoms with Crippen LogP contribution in [0.25, 0.3) is 10.9 Å². The van der Waals surface area contributed by atoms with Gasteiger partial charge in [0, 0.05) is 28.8 Å². The zero-order valence-electron chi connectivity index (χ0n) is 9.85. The first-order chi connectivity index (χ1) is 8.15. The van der Waals surface area contributed by atoms with E-state index < -0.39 is 0 Å². The van der Waals surface area contributed by atoms with Gasteiger partial charge in [-0.25, -0.2) is 9.37 Å². The molecule has 0 aliphatic heterocycles. The van der Waals surface area contributed by atoms with Crippen molar-refractivity contribution in [3.63, 3.8) is 0 Å². The molecule has 0 bridgehead atoms. The summed E-state index contributed by atoms with van der Waals surface area (Å²) in [6.45, 7) is 2.07. The van der Waals surface area contributed by atoms with Crippen molar-refractivity contribution in [3.8, 4) is 0 Å². The Morgan fingerprint density at radius 3 is 2.76 bits per heavy atom. The van der Waals surface area contributed by atoms with Gasteiger partial charge in [0.2, 0.25) is 0 Å². The van der Waals surface area contributed by atoms with E-state index >= 15 is 0 Å². The van der Waals surface area contributed by atoms with E-state index in [0.29, 0.717) is 10.5 Å². The van der Waals surface area contributed by atoms with E-state index in [1.54, 1.807) is 6.07 Å². The molecule has 1 aromatic carbocycles. The normalized spacial score (nSPS) is 10.8. The van der Waals surface area contributed by atoms with Crippen molar-refractivity contribution in [1.29, 1.82) is 0 Å². The molecule has 0 unspecified atom stereocenters. The van der Waals surface area contributed by atoms with Crippen molar-refractivity contribution >= 4 is 28.2 Å². The summed E-state index contributed by atoms with van der Waals surface area (Å²) in [5.41, 5.74) is 2.13. The van der Waals surface area contributed by atoms with E-state index in [2.05, 4.69) is 17.2 Å². The van der Waals surface area contributed by atoms with Crippen LogP contribution >= 0.6 is 11.6 Å². The smallest absolute Gasteiger partial charge is 0.150 e. The van der Waals surface area contributed by atoms with Crippen molar-refractivity contribution in [3.05, 3.63) is 34.7 Å². The monoisotopic (exact) mass is 252 g/mol. The van der Waals surface area contributed by atoms with Gasteiger partial charge in [0.25, 0.3) is 0 Å². The molecule has 0 aliphatic carbocycles. The molecule has 0 saturated heterocycles. The van der Waals surface area contributed by atoms with Crippen LogP contribution in [0, 0.1) is 5.82 Å². The average Bonchev–Trinajstić information content (AvgIpc) is 2.29. The molecule has 1 aromatic heterocycles. The van der Waals surface area contributed by atoms with E-state index in [4.69, 9.17) is 11.6 Å². The van der Waals surface area contributed by atoms with Gasteiger partial charge >= 0.3 is 0 Å². The fraction of sp³-hybridized carbons (Fsp3) is 0.308. The van der Waals surface area contributed by atoms with Gasteiger partial charge < -0.3 is 5.32 Å². The number of aryl methyl sites for hydroxylation is 1. The van der Waals surface area contributed by atoms with Gasteiger partial charge in [-0.1, -0.05) is 24.9 Å². The summed E-state index contributed by atoms with van der Waals surface area (Å²) in [5, 5.41) is 4.16. The fourth-order valence-corrected chi connectivity index (χ4v) is 2.10. The third-order valence-electron chi connectivity index (χ3n) is 2.66. The molecule has 1 heterocycles. The third-order valence-corrected chi connectivity index (χ3v) is 2.88. The Bertz CT molecular complexity index is 555. The summed E-state index contributed by atoms with van der Waals surface area (Å²) in [4.78, 5) is 4.34. The van der Waals surface area contributed by atoms with E-state index in [1.807, 2.05) is 13.1 Å². The van der Waals surface area contributed by atoms with E-state index in [-0.39, 0.29) is 5.82 Å². The third kappa shape index (κ3) is 2.34. The lowest BCUT2D eigenvalue weighted by Gasteiger charge is -2.09. The van der Waals surface area contributed by atoms with Crippen LogP contribution in [0.5, 0.6) is 0 Å². The Kier molecular flexibility index (Phi) is 3.48. The summed E-state index contributed by atoms with van der Waals surface area (Å²) in [7, 11) is 1.81. The lowest BCUT2D eigenvalue weighted by Crippen LogP contribution is -1.98.